The maximum atomic E-state index is 11.9. The van der Waals surface area contributed by atoms with Crippen LogP contribution in [0.25, 0.3) is 0 Å². The van der Waals surface area contributed by atoms with E-state index < -0.39 is 0 Å². The van der Waals surface area contributed by atoms with Crippen LogP contribution in [0.5, 0.6) is 0 Å². The molecule has 0 aliphatic rings. The zero-order valence-electron chi connectivity index (χ0n) is 11.6. The van der Waals surface area contributed by atoms with E-state index in [-0.39, 0.29) is 6.03 Å². The molecule has 5 heteroatoms. The Morgan fingerprint density at radius 2 is 2.05 bits per heavy atom. The molecule has 2 N–H and O–H groups in total. The van der Waals surface area contributed by atoms with E-state index in [0.29, 0.717) is 11.6 Å². The number of anilines is 1. The van der Waals surface area contributed by atoms with Gasteiger partial charge in [-0.25, -0.2) is 4.79 Å². The van der Waals surface area contributed by atoms with Gasteiger partial charge in [-0.1, -0.05) is 45.7 Å². The standard InChI is InChI=1S/C16H16BrClN2O/c1-11-5-6-14(18)10-15(11)20-16(21)19-8-7-12-3-2-4-13(17)9-12/h2-6,9-10H,7-8H2,1H3,(H2,19,20,21). The fourth-order valence-corrected chi connectivity index (χ4v) is 2.53. The average Bonchev–Trinajstić information content (AvgIpc) is 2.43. The molecule has 0 saturated carbocycles. The first-order chi connectivity index (χ1) is 10.0. The van der Waals surface area contributed by atoms with Crippen LogP contribution in [0, 0.1) is 6.92 Å². The number of carbonyl (C=O) groups excluding carboxylic acids is 1. The summed E-state index contributed by atoms with van der Waals surface area (Å²) in [4.78, 5) is 11.9. The fraction of sp³-hybridized carbons (Fsp3) is 0.188. The van der Waals surface area contributed by atoms with Crippen LogP contribution >= 0.6 is 27.5 Å². The number of amides is 2. The third-order valence-corrected chi connectivity index (χ3v) is 3.76. The van der Waals surface area contributed by atoms with Crippen molar-refractivity contribution in [3.05, 3.63) is 63.1 Å². The summed E-state index contributed by atoms with van der Waals surface area (Å²) in [5.74, 6) is 0. The average molecular weight is 368 g/mol. The minimum Gasteiger partial charge on any atom is -0.338 e. The molecule has 0 bridgehead atoms. The van der Waals surface area contributed by atoms with Crippen LogP contribution in [-0.2, 0) is 6.42 Å². The Morgan fingerprint density at radius 1 is 1.24 bits per heavy atom. The summed E-state index contributed by atoms with van der Waals surface area (Å²) in [6, 6.07) is 13.2. The van der Waals surface area contributed by atoms with Gasteiger partial charge >= 0.3 is 6.03 Å². The molecule has 0 saturated heterocycles. The number of benzene rings is 2. The van der Waals surface area contributed by atoms with Crippen LogP contribution in [0.2, 0.25) is 5.02 Å². The summed E-state index contributed by atoms with van der Waals surface area (Å²) in [6.45, 7) is 2.50. The smallest absolute Gasteiger partial charge is 0.319 e. The van der Waals surface area contributed by atoms with Crippen molar-refractivity contribution in [2.45, 2.75) is 13.3 Å². The van der Waals surface area contributed by atoms with Crippen LogP contribution in [0.15, 0.2) is 46.9 Å². The number of hydrogen-bond acceptors (Lipinski definition) is 1. The van der Waals surface area contributed by atoms with Crippen molar-refractivity contribution >= 4 is 39.2 Å². The molecule has 0 unspecified atom stereocenters. The highest BCUT2D eigenvalue weighted by Crippen LogP contribution is 2.19. The van der Waals surface area contributed by atoms with Crippen LogP contribution in [0.1, 0.15) is 11.1 Å². The minimum atomic E-state index is -0.227. The van der Waals surface area contributed by atoms with Gasteiger partial charge < -0.3 is 10.6 Å². The Kier molecular flexibility index (Phi) is 5.65. The summed E-state index contributed by atoms with van der Waals surface area (Å²) in [5.41, 5.74) is 2.87. The number of urea groups is 1. The topological polar surface area (TPSA) is 41.1 Å². The van der Waals surface area contributed by atoms with Crippen LogP contribution in [-0.4, -0.2) is 12.6 Å². The Hall–Kier alpha value is -1.52. The molecule has 0 atom stereocenters. The molecule has 2 aromatic carbocycles. The van der Waals surface area contributed by atoms with Gasteiger partial charge in [-0.2, -0.15) is 0 Å². The van der Waals surface area contributed by atoms with Gasteiger partial charge in [-0.05, 0) is 48.7 Å². The Balaban J connectivity index is 1.84. The predicted molar refractivity (Wildman–Crippen MR) is 91.1 cm³/mol. The summed E-state index contributed by atoms with van der Waals surface area (Å²) in [6.07, 6.45) is 0.779. The van der Waals surface area contributed by atoms with E-state index in [9.17, 15) is 4.79 Å². The highest BCUT2D eigenvalue weighted by Gasteiger charge is 2.04. The summed E-state index contributed by atoms with van der Waals surface area (Å²) in [5, 5.41) is 6.24. The van der Waals surface area contributed by atoms with E-state index in [1.165, 1.54) is 5.56 Å². The van der Waals surface area contributed by atoms with Gasteiger partial charge in [0.1, 0.15) is 0 Å². The molecule has 0 aliphatic carbocycles. The van der Waals surface area contributed by atoms with Crippen molar-refractivity contribution in [1.82, 2.24) is 5.32 Å². The molecule has 0 aliphatic heterocycles. The predicted octanol–water partition coefficient (Wildman–Crippen LogP) is 4.78. The molecule has 2 amide bonds. The van der Waals surface area contributed by atoms with Crippen molar-refractivity contribution < 1.29 is 4.79 Å². The van der Waals surface area contributed by atoms with E-state index in [1.807, 2.05) is 37.3 Å². The van der Waals surface area contributed by atoms with Crippen molar-refractivity contribution in [2.24, 2.45) is 0 Å². The largest absolute Gasteiger partial charge is 0.338 e. The van der Waals surface area contributed by atoms with E-state index in [2.05, 4.69) is 26.6 Å². The lowest BCUT2D eigenvalue weighted by Crippen LogP contribution is -2.30. The Bertz CT molecular complexity index is 646. The summed E-state index contributed by atoms with van der Waals surface area (Å²) < 4.78 is 1.04. The monoisotopic (exact) mass is 366 g/mol. The van der Waals surface area contributed by atoms with E-state index >= 15 is 0 Å². The lowest BCUT2D eigenvalue weighted by Gasteiger charge is -2.10. The summed E-state index contributed by atoms with van der Waals surface area (Å²) >= 11 is 9.35. The molecular weight excluding hydrogens is 352 g/mol. The normalized spacial score (nSPS) is 10.2. The molecule has 2 aromatic rings. The summed E-state index contributed by atoms with van der Waals surface area (Å²) in [7, 11) is 0. The van der Waals surface area contributed by atoms with Gasteiger partial charge in [0, 0.05) is 21.7 Å². The highest BCUT2D eigenvalue weighted by atomic mass is 79.9. The lowest BCUT2D eigenvalue weighted by molar-refractivity contribution is 0.252. The van der Waals surface area contributed by atoms with Gasteiger partial charge in [0.2, 0.25) is 0 Å². The zero-order valence-corrected chi connectivity index (χ0v) is 14.0. The molecule has 110 valence electrons. The molecule has 21 heavy (non-hydrogen) atoms. The molecule has 0 radical (unpaired) electrons. The zero-order chi connectivity index (χ0) is 15.2. The second-order valence-corrected chi connectivity index (χ2v) is 6.07. The first kappa shape index (κ1) is 15.9. The number of halogens is 2. The van der Waals surface area contributed by atoms with E-state index in [0.717, 1.165) is 22.1 Å². The maximum Gasteiger partial charge on any atom is 0.319 e. The van der Waals surface area contributed by atoms with Crippen LogP contribution in [0.4, 0.5) is 10.5 Å². The molecular formula is C16H16BrClN2O. The first-order valence-corrected chi connectivity index (χ1v) is 7.77. The molecule has 0 fully saturated rings. The highest BCUT2D eigenvalue weighted by molar-refractivity contribution is 9.10. The fourth-order valence-electron chi connectivity index (χ4n) is 1.91. The second kappa shape index (κ2) is 7.48. The molecule has 0 heterocycles. The second-order valence-electron chi connectivity index (χ2n) is 4.72. The van der Waals surface area contributed by atoms with E-state index in [4.69, 9.17) is 11.6 Å². The Labute approximate surface area is 137 Å². The SMILES string of the molecule is Cc1ccc(Cl)cc1NC(=O)NCCc1cccc(Br)c1. The number of hydrogen-bond donors (Lipinski definition) is 2. The van der Waals surface area contributed by atoms with Gasteiger partial charge in [0.05, 0.1) is 0 Å². The number of rotatable bonds is 4. The third kappa shape index (κ3) is 5.06. The number of carbonyl (C=O) groups is 1. The molecule has 0 spiro atoms. The quantitative estimate of drug-likeness (QED) is 0.802. The third-order valence-electron chi connectivity index (χ3n) is 3.04. The maximum absolute atomic E-state index is 11.9. The molecule has 0 aromatic heterocycles. The number of aryl methyl sites for hydroxylation is 1. The van der Waals surface area contributed by atoms with E-state index in [1.54, 1.807) is 12.1 Å². The Morgan fingerprint density at radius 3 is 2.81 bits per heavy atom. The van der Waals surface area contributed by atoms with Crippen LogP contribution in [0.3, 0.4) is 0 Å². The van der Waals surface area contributed by atoms with Gasteiger partial charge in [0.15, 0.2) is 0 Å². The van der Waals surface area contributed by atoms with Gasteiger partial charge in [0.25, 0.3) is 0 Å². The van der Waals surface area contributed by atoms with Crippen molar-refractivity contribution in [1.29, 1.82) is 0 Å². The van der Waals surface area contributed by atoms with Gasteiger partial charge in [-0.3, -0.25) is 0 Å². The first-order valence-electron chi connectivity index (χ1n) is 6.60. The molecule has 2 rings (SSSR count). The van der Waals surface area contributed by atoms with Crippen molar-refractivity contribution in [2.75, 3.05) is 11.9 Å². The number of nitrogens with one attached hydrogen (secondary N) is 2. The minimum absolute atomic E-state index is 0.227. The van der Waals surface area contributed by atoms with Crippen LogP contribution < -0.4 is 10.6 Å². The van der Waals surface area contributed by atoms with Crippen molar-refractivity contribution in [3.63, 3.8) is 0 Å². The lowest BCUT2D eigenvalue weighted by atomic mass is 10.1. The van der Waals surface area contributed by atoms with Crippen molar-refractivity contribution in [3.8, 4) is 0 Å². The molecule has 3 nitrogen and oxygen atoms in total. The van der Waals surface area contributed by atoms with Gasteiger partial charge in [-0.15, -0.1) is 0 Å².